The van der Waals surface area contributed by atoms with Crippen molar-refractivity contribution in [1.29, 1.82) is 0 Å². The third kappa shape index (κ3) is 8.39. The van der Waals surface area contributed by atoms with Gasteiger partial charge >= 0.3 is 29.6 Å². The maximum atomic E-state index is 8.71. The summed E-state index contributed by atoms with van der Waals surface area (Å²) >= 11 is 0. The van der Waals surface area contributed by atoms with Crippen molar-refractivity contribution < 1.29 is 35.7 Å². The van der Waals surface area contributed by atoms with E-state index in [0.29, 0.717) is 0 Å². The molecule has 8 heteroatoms. The Labute approximate surface area is 172 Å². The Balaban J connectivity index is 0.000000355. The second kappa shape index (κ2) is 11.8. The van der Waals surface area contributed by atoms with Crippen molar-refractivity contribution in [2.24, 2.45) is 0 Å². The van der Waals surface area contributed by atoms with Crippen LogP contribution in [-0.4, -0.2) is 65.3 Å². The third-order valence-corrected chi connectivity index (χ3v) is 2.70. The summed E-state index contributed by atoms with van der Waals surface area (Å²) in [7, 11) is 0. The first-order valence-electron chi connectivity index (χ1n) is 6.96. The van der Waals surface area contributed by atoms with Gasteiger partial charge in [-0.3, -0.25) is 0 Å². The zero-order valence-electron chi connectivity index (χ0n) is 13.0. The van der Waals surface area contributed by atoms with Crippen LogP contribution >= 0.6 is 0 Å². The summed E-state index contributed by atoms with van der Waals surface area (Å²) in [5.41, 5.74) is 0. The molecule has 0 saturated heterocycles. The number of rotatable bonds is 0. The number of para-hydroxylation sites is 3. The van der Waals surface area contributed by atoms with E-state index in [1.165, 1.54) is 48.5 Å². The molecule has 26 heavy (non-hydrogen) atoms. The van der Waals surface area contributed by atoms with Gasteiger partial charge in [-0.1, -0.05) is 24.3 Å². The van der Waals surface area contributed by atoms with E-state index in [4.69, 9.17) is 35.7 Å². The fourth-order valence-corrected chi connectivity index (χ4v) is 1.48. The molecule has 7 nitrogen and oxygen atoms in total. The van der Waals surface area contributed by atoms with Crippen molar-refractivity contribution in [3.8, 4) is 40.2 Å². The van der Waals surface area contributed by atoms with E-state index in [9.17, 15) is 0 Å². The van der Waals surface area contributed by atoms with Crippen molar-refractivity contribution in [1.82, 2.24) is 0 Å². The molecule has 0 fully saturated rings. The fourth-order valence-electron chi connectivity index (χ4n) is 1.48. The summed E-state index contributed by atoms with van der Waals surface area (Å²) in [5, 5.41) is 60.7. The van der Waals surface area contributed by atoms with Gasteiger partial charge in [0.25, 0.3) is 0 Å². The van der Waals surface area contributed by atoms with Crippen LogP contribution in [-0.2, 0) is 0 Å². The molecule has 0 amide bonds. The quantitative estimate of drug-likeness (QED) is 0.238. The van der Waals surface area contributed by atoms with Crippen LogP contribution in [0.25, 0.3) is 0 Å². The Morgan fingerprint density at radius 2 is 0.769 bits per heavy atom. The first kappa shape index (κ1) is 23.3. The minimum absolute atomic E-state index is 0. The van der Waals surface area contributed by atoms with Crippen LogP contribution in [0.4, 0.5) is 0 Å². The fraction of sp³-hybridized carbons (Fsp3) is 0. The molecule has 0 aliphatic heterocycles. The van der Waals surface area contributed by atoms with Crippen molar-refractivity contribution in [2.75, 3.05) is 0 Å². The first-order chi connectivity index (χ1) is 11.8. The predicted molar refractivity (Wildman–Crippen MR) is 98.1 cm³/mol. The van der Waals surface area contributed by atoms with Crippen molar-refractivity contribution in [2.45, 2.75) is 0 Å². The van der Waals surface area contributed by atoms with Gasteiger partial charge in [0.15, 0.2) is 28.7 Å². The Morgan fingerprint density at radius 3 is 1.04 bits per heavy atom. The van der Waals surface area contributed by atoms with Gasteiger partial charge in [-0.05, 0) is 36.4 Å². The second-order valence-corrected chi connectivity index (χ2v) is 4.65. The summed E-state index contributed by atoms with van der Waals surface area (Å²) in [6.07, 6.45) is 0. The van der Waals surface area contributed by atoms with Crippen LogP contribution in [0.1, 0.15) is 0 Å². The molecule has 0 heterocycles. The van der Waals surface area contributed by atoms with E-state index in [-0.39, 0.29) is 64.1 Å². The van der Waals surface area contributed by atoms with Gasteiger partial charge in [-0.25, -0.2) is 0 Å². The van der Waals surface area contributed by atoms with Crippen molar-refractivity contribution in [3.05, 3.63) is 66.7 Å². The van der Waals surface area contributed by atoms with Gasteiger partial charge in [0, 0.05) is 6.07 Å². The average molecular weight is 370 g/mol. The Morgan fingerprint density at radius 1 is 0.423 bits per heavy atom. The van der Waals surface area contributed by atoms with Gasteiger partial charge in [0.05, 0.1) is 0 Å². The number of hydrogen-bond acceptors (Lipinski definition) is 7. The molecular weight excluding hydrogens is 351 g/mol. The standard InChI is InChI=1S/C6H6O3.2C6H6O2.Na.H/c7-4-2-1-3-5(8)6(4)9;7-5-2-1-3-6(8)4-5;7-5-3-1-2-4-6(5)8;;/h1-3,7-9H;2*1-4,7-8H;;. The molecule has 3 aromatic rings. The second-order valence-electron chi connectivity index (χ2n) is 4.65. The van der Waals surface area contributed by atoms with E-state index in [1.54, 1.807) is 18.2 Å². The van der Waals surface area contributed by atoms with Crippen LogP contribution < -0.4 is 0 Å². The molecule has 134 valence electrons. The van der Waals surface area contributed by atoms with E-state index >= 15 is 0 Å². The molecule has 3 aromatic carbocycles. The van der Waals surface area contributed by atoms with Crippen molar-refractivity contribution in [3.63, 3.8) is 0 Å². The molecular formula is C18H19NaO7. The Bertz CT molecular complexity index is 751. The summed E-state index contributed by atoms with van der Waals surface area (Å²) in [6.45, 7) is 0. The molecule has 0 aromatic heterocycles. The Hall–Kier alpha value is -2.74. The topological polar surface area (TPSA) is 142 Å². The van der Waals surface area contributed by atoms with Gasteiger partial charge in [-0.15, -0.1) is 0 Å². The van der Waals surface area contributed by atoms with E-state index in [0.717, 1.165) is 0 Å². The molecule has 7 N–H and O–H groups in total. The van der Waals surface area contributed by atoms with Gasteiger partial charge < -0.3 is 35.7 Å². The molecule has 0 atom stereocenters. The van der Waals surface area contributed by atoms with Gasteiger partial charge in [0.1, 0.15) is 11.5 Å². The summed E-state index contributed by atoms with van der Waals surface area (Å²) in [4.78, 5) is 0. The van der Waals surface area contributed by atoms with E-state index in [1.807, 2.05) is 0 Å². The average Bonchev–Trinajstić information content (AvgIpc) is 2.56. The normalized spacial score (nSPS) is 8.77. The number of aromatic hydroxyl groups is 7. The molecule has 0 saturated carbocycles. The molecule has 0 spiro atoms. The number of phenolic OH excluding ortho intramolecular Hbond substituents is 7. The third-order valence-electron chi connectivity index (χ3n) is 2.70. The number of benzene rings is 3. The molecule has 3 rings (SSSR count). The van der Waals surface area contributed by atoms with Crippen LogP contribution in [0, 0.1) is 0 Å². The van der Waals surface area contributed by atoms with E-state index in [2.05, 4.69) is 0 Å². The SMILES string of the molecule is Oc1cccc(O)c1.Oc1cccc(O)c1O.Oc1ccccc1O.[NaH]. The molecule has 0 radical (unpaired) electrons. The summed E-state index contributed by atoms with van der Waals surface area (Å²) in [5.74, 6) is -1.07. The minimum atomic E-state index is -0.475. The Kier molecular flexibility index (Phi) is 10.5. The van der Waals surface area contributed by atoms with Gasteiger partial charge in [0.2, 0.25) is 0 Å². The zero-order chi connectivity index (χ0) is 18.8. The summed E-state index contributed by atoms with van der Waals surface area (Å²) < 4.78 is 0. The summed E-state index contributed by atoms with van der Waals surface area (Å²) in [6, 6.07) is 16.0. The van der Waals surface area contributed by atoms with Crippen LogP contribution in [0.3, 0.4) is 0 Å². The van der Waals surface area contributed by atoms with Crippen LogP contribution in [0.5, 0.6) is 40.2 Å². The monoisotopic (exact) mass is 370 g/mol. The maximum absolute atomic E-state index is 8.71. The zero-order valence-corrected chi connectivity index (χ0v) is 13.0. The first-order valence-corrected chi connectivity index (χ1v) is 6.96. The molecule has 0 aliphatic carbocycles. The molecule has 0 unspecified atom stereocenters. The van der Waals surface area contributed by atoms with Crippen molar-refractivity contribution >= 4 is 29.6 Å². The van der Waals surface area contributed by atoms with E-state index < -0.39 is 5.75 Å². The predicted octanol–water partition coefficient (Wildman–Crippen LogP) is 2.35. The number of hydrogen-bond donors (Lipinski definition) is 7. The number of phenols is 7. The van der Waals surface area contributed by atoms with Crippen LogP contribution in [0.15, 0.2) is 66.7 Å². The van der Waals surface area contributed by atoms with Crippen LogP contribution in [0.2, 0.25) is 0 Å². The molecule has 0 bridgehead atoms. The van der Waals surface area contributed by atoms with Gasteiger partial charge in [-0.2, -0.15) is 0 Å². The molecule has 0 aliphatic rings.